The first-order valence-corrected chi connectivity index (χ1v) is 7.73. The fourth-order valence-electron chi connectivity index (χ4n) is 2.61. The van der Waals surface area contributed by atoms with E-state index >= 15 is 0 Å². The van der Waals surface area contributed by atoms with Crippen LogP contribution in [0, 0.1) is 6.20 Å². The van der Waals surface area contributed by atoms with Crippen LogP contribution in [0.4, 0.5) is 13.2 Å². The second-order valence-corrected chi connectivity index (χ2v) is 6.33. The largest absolute Gasteiger partial charge is 0.407 e. The molecule has 25 heavy (non-hydrogen) atoms. The number of benzene rings is 1. The van der Waals surface area contributed by atoms with E-state index < -0.39 is 23.7 Å². The third kappa shape index (κ3) is 4.60. The SMILES string of the molecule is CC(C)(CCNC(c1ccccc1)C(F)(F)F)n1c[c]nc1C(N)=O. The van der Waals surface area contributed by atoms with Gasteiger partial charge in [0.15, 0.2) is 5.82 Å². The molecule has 0 saturated carbocycles. The number of nitrogens with zero attached hydrogens (tertiary/aromatic N) is 2. The number of carbonyl (C=O) groups is 1. The van der Waals surface area contributed by atoms with Crippen LogP contribution in [0.1, 0.15) is 42.5 Å². The molecule has 0 aliphatic rings. The van der Waals surface area contributed by atoms with Crippen molar-refractivity contribution in [2.45, 2.75) is 38.0 Å². The van der Waals surface area contributed by atoms with Crippen LogP contribution in [-0.2, 0) is 5.54 Å². The highest BCUT2D eigenvalue weighted by molar-refractivity contribution is 5.89. The summed E-state index contributed by atoms with van der Waals surface area (Å²) in [6.45, 7) is 3.67. The first-order valence-electron chi connectivity index (χ1n) is 7.73. The van der Waals surface area contributed by atoms with Gasteiger partial charge in [0.25, 0.3) is 5.91 Å². The van der Waals surface area contributed by atoms with Gasteiger partial charge >= 0.3 is 6.18 Å². The van der Waals surface area contributed by atoms with Crippen LogP contribution in [0.25, 0.3) is 0 Å². The highest BCUT2D eigenvalue weighted by Crippen LogP contribution is 2.33. The van der Waals surface area contributed by atoms with Crippen molar-refractivity contribution in [3.05, 3.63) is 54.1 Å². The molecule has 2 aromatic rings. The molecule has 1 aromatic heterocycles. The number of amides is 1. The van der Waals surface area contributed by atoms with E-state index in [0.717, 1.165) is 0 Å². The quantitative estimate of drug-likeness (QED) is 0.804. The van der Waals surface area contributed by atoms with Crippen LogP contribution in [0.5, 0.6) is 0 Å². The molecule has 8 heteroatoms. The number of hydrogen-bond acceptors (Lipinski definition) is 3. The molecule has 1 atom stereocenters. The summed E-state index contributed by atoms with van der Waals surface area (Å²) in [6, 6.07) is 5.93. The summed E-state index contributed by atoms with van der Waals surface area (Å²) in [7, 11) is 0. The average Bonchev–Trinajstić information content (AvgIpc) is 3.02. The van der Waals surface area contributed by atoms with Gasteiger partial charge in [-0.1, -0.05) is 30.3 Å². The molecule has 0 aliphatic heterocycles. The van der Waals surface area contributed by atoms with Crippen molar-refractivity contribution >= 4 is 5.91 Å². The van der Waals surface area contributed by atoms with E-state index in [-0.39, 0.29) is 17.9 Å². The molecule has 1 aromatic carbocycles. The van der Waals surface area contributed by atoms with Gasteiger partial charge in [-0.25, -0.2) is 4.98 Å². The van der Waals surface area contributed by atoms with E-state index in [0.29, 0.717) is 6.42 Å². The van der Waals surface area contributed by atoms with Crippen molar-refractivity contribution in [3.63, 3.8) is 0 Å². The van der Waals surface area contributed by atoms with E-state index in [1.165, 1.54) is 22.9 Å². The number of hydrogen-bond donors (Lipinski definition) is 2. The van der Waals surface area contributed by atoms with Crippen LogP contribution in [0.15, 0.2) is 36.5 Å². The number of carbonyl (C=O) groups excluding carboxylic acids is 1. The number of imidazole rings is 1. The number of primary amides is 1. The van der Waals surface area contributed by atoms with Gasteiger partial charge in [0, 0.05) is 11.7 Å². The van der Waals surface area contributed by atoms with Gasteiger partial charge in [-0.15, -0.1) is 0 Å². The van der Waals surface area contributed by atoms with Gasteiger partial charge in [0.2, 0.25) is 0 Å². The minimum absolute atomic E-state index is 0.0282. The summed E-state index contributed by atoms with van der Waals surface area (Å²) < 4.78 is 41.5. The summed E-state index contributed by atoms with van der Waals surface area (Å²) >= 11 is 0. The van der Waals surface area contributed by atoms with Crippen LogP contribution in [-0.4, -0.2) is 28.2 Å². The van der Waals surface area contributed by atoms with Crippen molar-refractivity contribution in [3.8, 4) is 0 Å². The molecule has 5 nitrogen and oxygen atoms in total. The van der Waals surface area contributed by atoms with E-state index in [1.54, 1.807) is 32.0 Å². The Labute approximate surface area is 144 Å². The van der Waals surface area contributed by atoms with Gasteiger partial charge in [-0.3, -0.25) is 4.79 Å². The lowest BCUT2D eigenvalue weighted by molar-refractivity contribution is -0.157. The van der Waals surface area contributed by atoms with E-state index in [9.17, 15) is 18.0 Å². The van der Waals surface area contributed by atoms with Crippen LogP contribution in [0.3, 0.4) is 0 Å². The van der Waals surface area contributed by atoms with Crippen LogP contribution >= 0.6 is 0 Å². The molecule has 2 rings (SSSR count). The van der Waals surface area contributed by atoms with Crippen molar-refractivity contribution in [1.82, 2.24) is 14.9 Å². The highest BCUT2D eigenvalue weighted by atomic mass is 19.4. The summed E-state index contributed by atoms with van der Waals surface area (Å²) in [5.41, 5.74) is 4.76. The molecular weight excluding hydrogens is 333 g/mol. The smallest absolute Gasteiger partial charge is 0.363 e. The maximum absolute atomic E-state index is 13.3. The molecule has 3 N–H and O–H groups in total. The monoisotopic (exact) mass is 353 g/mol. The average molecular weight is 353 g/mol. The van der Waals surface area contributed by atoms with E-state index in [2.05, 4.69) is 16.5 Å². The fourth-order valence-corrected chi connectivity index (χ4v) is 2.61. The summed E-state index contributed by atoms with van der Waals surface area (Å²) in [5.74, 6) is -0.680. The normalized spacial score (nSPS) is 13.6. The van der Waals surface area contributed by atoms with Crippen molar-refractivity contribution in [2.75, 3.05) is 6.54 Å². The lowest BCUT2D eigenvalue weighted by atomic mass is 9.99. The Morgan fingerprint density at radius 2 is 1.96 bits per heavy atom. The zero-order valence-electron chi connectivity index (χ0n) is 14.0. The Morgan fingerprint density at radius 3 is 2.52 bits per heavy atom. The zero-order valence-corrected chi connectivity index (χ0v) is 14.0. The van der Waals surface area contributed by atoms with Gasteiger partial charge in [-0.05, 0) is 32.4 Å². The Bertz CT molecular complexity index is 710. The van der Waals surface area contributed by atoms with Crippen molar-refractivity contribution in [1.29, 1.82) is 0 Å². The van der Waals surface area contributed by atoms with Gasteiger partial charge in [0.05, 0.1) is 0 Å². The summed E-state index contributed by atoms with van der Waals surface area (Å²) in [6.07, 6.45) is -0.0622. The Kier molecular flexibility index (Phi) is 5.52. The highest BCUT2D eigenvalue weighted by Gasteiger charge is 2.40. The maximum Gasteiger partial charge on any atom is 0.407 e. The maximum atomic E-state index is 13.3. The minimum atomic E-state index is -4.41. The predicted octanol–water partition coefficient (Wildman–Crippen LogP) is 2.80. The molecule has 1 heterocycles. The summed E-state index contributed by atoms with van der Waals surface area (Å²) in [5, 5.41) is 2.56. The Balaban J connectivity index is 2.09. The molecule has 135 valence electrons. The minimum Gasteiger partial charge on any atom is -0.363 e. The van der Waals surface area contributed by atoms with Crippen molar-refractivity contribution in [2.24, 2.45) is 5.73 Å². The molecule has 0 bridgehead atoms. The van der Waals surface area contributed by atoms with E-state index in [4.69, 9.17) is 5.73 Å². The first kappa shape index (κ1) is 19.0. The molecule has 0 fully saturated rings. The third-order valence-corrected chi connectivity index (χ3v) is 4.00. The number of aromatic nitrogens is 2. The van der Waals surface area contributed by atoms with Crippen LogP contribution < -0.4 is 11.1 Å². The molecule has 0 spiro atoms. The standard InChI is InChI=1S/C17H20F3N4O/c1-16(2,24-11-10-23-15(24)14(21)25)8-9-22-13(17(18,19)20)12-6-4-3-5-7-12/h3-7,11,13,22H,8-9H2,1-2H3,(H2,21,25). The van der Waals surface area contributed by atoms with Gasteiger partial charge in [0.1, 0.15) is 12.2 Å². The number of nitrogens with two attached hydrogens (primary N) is 1. The van der Waals surface area contributed by atoms with E-state index in [1.807, 2.05) is 0 Å². The first-order chi connectivity index (χ1) is 11.6. The molecule has 1 amide bonds. The number of alkyl halides is 3. The Morgan fingerprint density at radius 1 is 1.32 bits per heavy atom. The van der Waals surface area contributed by atoms with Crippen LogP contribution in [0.2, 0.25) is 0 Å². The number of halogens is 3. The Hall–Kier alpha value is -2.35. The number of rotatable bonds is 7. The summed E-state index contributed by atoms with van der Waals surface area (Å²) in [4.78, 5) is 15.2. The second-order valence-electron chi connectivity index (χ2n) is 6.33. The molecule has 1 unspecified atom stereocenters. The topological polar surface area (TPSA) is 72.9 Å². The number of nitrogens with one attached hydrogen (secondary N) is 1. The van der Waals surface area contributed by atoms with Crippen molar-refractivity contribution < 1.29 is 18.0 Å². The predicted molar refractivity (Wildman–Crippen MR) is 86.8 cm³/mol. The second kappa shape index (κ2) is 7.26. The van der Waals surface area contributed by atoms with Gasteiger partial charge < -0.3 is 15.6 Å². The molecule has 1 radical (unpaired) electrons. The fraction of sp³-hybridized carbons (Fsp3) is 0.412. The molecule has 0 saturated heterocycles. The third-order valence-electron chi connectivity index (χ3n) is 4.00. The lowest BCUT2D eigenvalue weighted by Crippen LogP contribution is -2.38. The molecular formula is C17H20F3N4O. The van der Waals surface area contributed by atoms with Gasteiger partial charge in [-0.2, -0.15) is 13.2 Å². The molecule has 0 aliphatic carbocycles. The zero-order chi connectivity index (χ0) is 18.7. The lowest BCUT2D eigenvalue weighted by Gasteiger charge is -2.29.